The van der Waals surface area contributed by atoms with Crippen LogP contribution in [-0.4, -0.2) is 48.9 Å². The van der Waals surface area contributed by atoms with Gasteiger partial charge in [0.2, 0.25) is 0 Å². The quantitative estimate of drug-likeness (QED) is 0.691. The molecule has 1 N–H and O–H groups in total. The SMILES string of the molecule is CCCNCc1nnc(OCCN(C)C)s1. The molecule has 0 bridgehead atoms. The predicted molar refractivity (Wildman–Crippen MR) is 66.0 cm³/mol. The fraction of sp³-hybridized carbons (Fsp3) is 0.800. The van der Waals surface area contributed by atoms with Crippen molar-refractivity contribution in [2.24, 2.45) is 0 Å². The molecule has 0 atom stereocenters. The van der Waals surface area contributed by atoms with Gasteiger partial charge in [0.05, 0.1) is 0 Å². The molecule has 0 amide bonds. The highest BCUT2D eigenvalue weighted by Gasteiger charge is 2.04. The van der Waals surface area contributed by atoms with Crippen LogP contribution in [0.5, 0.6) is 5.19 Å². The molecule has 0 aromatic carbocycles. The molecule has 0 saturated carbocycles. The summed E-state index contributed by atoms with van der Waals surface area (Å²) in [6, 6.07) is 0. The average Bonchev–Trinajstić information content (AvgIpc) is 2.66. The van der Waals surface area contributed by atoms with Crippen LogP contribution in [0.15, 0.2) is 0 Å². The van der Waals surface area contributed by atoms with Gasteiger partial charge in [-0.1, -0.05) is 18.3 Å². The van der Waals surface area contributed by atoms with Crippen LogP contribution in [0, 0.1) is 0 Å². The van der Waals surface area contributed by atoms with Crippen LogP contribution >= 0.6 is 11.3 Å². The van der Waals surface area contributed by atoms with Gasteiger partial charge in [0, 0.05) is 13.1 Å². The lowest BCUT2D eigenvalue weighted by Gasteiger charge is -2.08. The van der Waals surface area contributed by atoms with Crippen LogP contribution in [0.25, 0.3) is 0 Å². The molecule has 0 saturated heterocycles. The Hall–Kier alpha value is -0.720. The maximum Gasteiger partial charge on any atom is 0.294 e. The first-order valence-electron chi connectivity index (χ1n) is 5.53. The summed E-state index contributed by atoms with van der Waals surface area (Å²) in [7, 11) is 4.03. The number of nitrogens with one attached hydrogen (secondary N) is 1. The summed E-state index contributed by atoms with van der Waals surface area (Å²) in [5.74, 6) is 0. The number of ether oxygens (including phenoxy) is 1. The molecule has 0 radical (unpaired) electrons. The van der Waals surface area contributed by atoms with E-state index in [-0.39, 0.29) is 0 Å². The third-order valence-electron chi connectivity index (χ3n) is 1.92. The molecule has 0 aliphatic heterocycles. The largest absolute Gasteiger partial charge is 0.468 e. The Morgan fingerprint density at radius 1 is 1.38 bits per heavy atom. The van der Waals surface area contributed by atoms with Gasteiger partial charge >= 0.3 is 0 Å². The molecule has 0 fully saturated rings. The molecule has 0 spiro atoms. The highest BCUT2D eigenvalue weighted by molar-refractivity contribution is 7.13. The van der Waals surface area contributed by atoms with Gasteiger partial charge in [-0.25, -0.2) is 0 Å². The maximum absolute atomic E-state index is 5.48. The van der Waals surface area contributed by atoms with Crippen molar-refractivity contribution in [3.63, 3.8) is 0 Å². The first-order valence-corrected chi connectivity index (χ1v) is 6.34. The van der Waals surface area contributed by atoms with E-state index < -0.39 is 0 Å². The van der Waals surface area contributed by atoms with Crippen LogP contribution in [0.3, 0.4) is 0 Å². The summed E-state index contributed by atoms with van der Waals surface area (Å²) in [6.45, 7) is 5.48. The van der Waals surface area contributed by atoms with Crippen molar-refractivity contribution in [3.05, 3.63) is 5.01 Å². The minimum absolute atomic E-state index is 0.657. The second kappa shape index (κ2) is 7.54. The Morgan fingerprint density at radius 3 is 2.88 bits per heavy atom. The fourth-order valence-electron chi connectivity index (χ4n) is 1.06. The number of rotatable bonds is 8. The zero-order chi connectivity index (χ0) is 11.8. The molecule has 1 aromatic heterocycles. The lowest BCUT2D eigenvalue weighted by atomic mass is 10.5. The molecule has 0 unspecified atom stereocenters. The Kier molecular flexibility index (Phi) is 6.29. The van der Waals surface area contributed by atoms with Crippen molar-refractivity contribution < 1.29 is 4.74 Å². The number of aromatic nitrogens is 2. The first-order chi connectivity index (χ1) is 7.72. The van der Waals surface area contributed by atoms with E-state index in [1.165, 1.54) is 11.3 Å². The van der Waals surface area contributed by atoms with Gasteiger partial charge in [0.1, 0.15) is 11.6 Å². The summed E-state index contributed by atoms with van der Waals surface area (Å²) in [5.41, 5.74) is 0. The van der Waals surface area contributed by atoms with Crippen molar-refractivity contribution in [3.8, 4) is 5.19 Å². The standard InChI is InChI=1S/C10H20N4OS/c1-4-5-11-8-9-12-13-10(16-9)15-7-6-14(2)3/h11H,4-8H2,1-3H3. The summed E-state index contributed by atoms with van der Waals surface area (Å²) >= 11 is 1.51. The molecule has 0 aliphatic rings. The maximum atomic E-state index is 5.48. The number of hydrogen-bond donors (Lipinski definition) is 1. The minimum atomic E-state index is 0.657. The van der Waals surface area contributed by atoms with Crippen LogP contribution in [-0.2, 0) is 6.54 Å². The summed E-state index contributed by atoms with van der Waals surface area (Å²) in [4.78, 5) is 2.07. The summed E-state index contributed by atoms with van der Waals surface area (Å²) in [6.07, 6.45) is 1.13. The number of hydrogen-bond acceptors (Lipinski definition) is 6. The van der Waals surface area contributed by atoms with Crippen LogP contribution < -0.4 is 10.1 Å². The van der Waals surface area contributed by atoms with E-state index in [2.05, 4.69) is 27.3 Å². The third kappa shape index (κ3) is 5.39. The van der Waals surface area contributed by atoms with Gasteiger partial charge in [-0.2, -0.15) is 0 Å². The molecular formula is C10H20N4OS. The van der Waals surface area contributed by atoms with Gasteiger partial charge in [0.15, 0.2) is 0 Å². The lowest BCUT2D eigenvalue weighted by Crippen LogP contribution is -2.19. The molecule has 6 heteroatoms. The van der Waals surface area contributed by atoms with E-state index >= 15 is 0 Å². The van der Waals surface area contributed by atoms with Crippen LogP contribution in [0.2, 0.25) is 0 Å². The first kappa shape index (κ1) is 13.3. The van der Waals surface area contributed by atoms with Gasteiger partial charge in [-0.05, 0) is 27.1 Å². The molecular weight excluding hydrogens is 224 g/mol. The average molecular weight is 244 g/mol. The van der Waals surface area contributed by atoms with Crippen molar-refractivity contribution >= 4 is 11.3 Å². The molecule has 1 rings (SSSR count). The number of likely N-dealkylation sites (N-methyl/N-ethyl adjacent to an activating group) is 1. The van der Waals surface area contributed by atoms with Crippen molar-refractivity contribution in [1.82, 2.24) is 20.4 Å². The monoisotopic (exact) mass is 244 g/mol. The van der Waals surface area contributed by atoms with E-state index in [1.807, 2.05) is 14.1 Å². The van der Waals surface area contributed by atoms with E-state index in [9.17, 15) is 0 Å². The van der Waals surface area contributed by atoms with Crippen molar-refractivity contribution in [1.29, 1.82) is 0 Å². The van der Waals surface area contributed by atoms with Gasteiger partial charge in [-0.15, -0.1) is 10.2 Å². The third-order valence-corrected chi connectivity index (χ3v) is 2.75. The zero-order valence-electron chi connectivity index (χ0n) is 10.2. The molecule has 1 heterocycles. The molecule has 5 nitrogen and oxygen atoms in total. The fourth-order valence-corrected chi connectivity index (χ4v) is 1.74. The highest BCUT2D eigenvalue weighted by atomic mass is 32.1. The Balaban J connectivity index is 2.22. The lowest BCUT2D eigenvalue weighted by molar-refractivity contribution is 0.259. The zero-order valence-corrected chi connectivity index (χ0v) is 11.0. The topological polar surface area (TPSA) is 50.3 Å². The molecule has 16 heavy (non-hydrogen) atoms. The van der Waals surface area contributed by atoms with Crippen LogP contribution in [0.4, 0.5) is 0 Å². The van der Waals surface area contributed by atoms with Gasteiger partial charge < -0.3 is 15.0 Å². The minimum Gasteiger partial charge on any atom is -0.468 e. The van der Waals surface area contributed by atoms with Gasteiger partial charge in [-0.3, -0.25) is 0 Å². The van der Waals surface area contributed by atoms with E-state index in [0.717, 1.165) is 31.1 Å². The van der Waals surface area contributed by atoms with Crippen LogP contribution in [0.1, 0.15) is 18.4 Å². The van der Waals surface area contributed by atoms with E-state index in [0.29, 0.717) is 11.8 Å². The summed E-state index contributed by atoms with van der Waals surface area (Å²) in [5, 5.41) is 13.0. The molecule has 1 aromatic rings. The second-order valence-corrected chi connectivity index (χ2v) is 4.81. The predicted octanol–water partition coefficient (Wildman–Crippen LogP) is 0.978. The number of nitrogens with zero attached hydrogens (tertiary/aromatic N) is 3. The molecule has 92 valence electrons. The van der Waals surface area contributed by atoms with Crippen molar-refractivity contribution in [2.45, 2.75) is 19.9 Å². The molecule has 0 aliphatic carbocycles. The Bertz CT molecular complexity index is 290. The highest BCUT2D eigenvalue weighted by Crippen LogP contribution is 2.17. The van der Waals surface area contributed by atoms with E-state index in [1.54, 1.807) is 0 Å². The van der Waals surface area contributed by atoms with Gasteiger partial charge in [0.25, 0.3) is 5.19 Å². The smallest absolute Gasteiger partial charge is 0.294 e. The Morgan fingerprint density at radius 2 is 2.19 bits per heavy atom. The second-order valence-electron chi connectivity index (χ2n) is 3.79. The van der Waals surface area contributed by atoms with Crippen molar-refractivity contribution in [2.75, 3.05) is 33.8 Å². The normalized spacial score (nSPS) is 11.0. The summed E-state index contributed by atoms with van der Waals surface area (Å²) < 4.78 is 5.48. The Labute approximate surface area is 101 Å². The van der Waals surface area contributed by atoms with E-state index in [4.69, 9.17) is 4.74 Å².